The minimum Gasteiger partial charge on any atom is -0.489 e. The van der Waals surface area contributed by atoms with Crippen molar-refractivity contribution in [2.45, 2.75) is 33.5 Å². The lowest BCUT2D eigenvalue weighted by Gasteiger charge is -2.14. The van der Waals surface area contributed by atoms with Gasteiger partial charge in [0.25, 0.3) is 0 Å². The van der Waals surface area contributed by atoms with Gasteiger partial charge in [-0.05, 0) is 44.5 Å². The van der Waals surface area contributed by atoms with Gasteiger partial charge in [0.1, 0.15) is 12.4 Å². The third-order valence-corrected chi connectivity index (χ3v) is 3.33. The molecule has 0 spiro atoms. The van der Waals surface area contributed by atoms with E-state index in [1.807, 2.05) is 0 Å². The van der Waals surface area contributed by atoms with Crippen molar-refractivity contribution in [2.75, 3.05) is 0 Å². The molecule has 1 unspecified atom stereocenters. The van der Waals surface area contributed by atoms with E-state index in [1.54, 1.807) is 25.1 Å². The third kappa shape index (κ3) is 3.75. The van der Waals surface area contributed by atoms with E-state index >= 15 is 0 Å². The van der Waals surface area contributed by atoms with Gasteiger partial charge in [0.15, 0.2) is 0 Å². The lowest BCUT2D eigenvalue weighted by molar-refractivity contribution is 0.190. The number of aliphatic hydroxyl groups excluding tert-OH is 1. The molecule has 2 aromatic carbocycles. The van der Waals surface area contributed by atoms with Crippen LogP contribution in [0.5, 0.6) is 5.75 Å². The summed E-state index contributed by atoms with van der Waals surface area (Å²) in [5.41, 5.74) is 4.27. The molecule has 0 radical (unpaired) electrons. The maximum absolute atomic E-state index is 9.78. The van der Waals surface area contributed by atoms with Crippen LogP contribution in [0.15, 0.2) is 36.4 Å². The number of hydrogen-bond donors (Lipinski definition) is 1. The summed E-state index contributed by atoms with van der Waals surface area (Å²) >= 11 is 5.95. The second-order valence-electron chi connectivity index (χ2n) is 5.14. The Hall–Kier alpha value is -1.51. The van der Waals surface area contributed by atoms with Crippen LogP contribution in [-0.2, 0) is 6.61 Å². The van der Waals surface area contributed by atoms with Crippen molar-refractivity contribution in [1.29, 1.82) is 0 Å². The molecule has 1 atom stereocenters. The fourth-order valence-electron chi connectivity index (χ4n) is 2.29. The largest absolute Gasteiger partial charge is 0.489 e. The second-order valence-corrected chi connectivity index (χ2v) is 5.58. The molecule has 20 heavy (non-hydrogen) atoms. The summed E-state index contributed by atoms with van der Waals surface area (Å²) < 4.78 is 5.83. The molecule has 2 aromatic rings. The third-order valence-electron chi connectivity index (χ3n) is 3.10. The van der Waals surface area contributed by atoms with Gasteiger partial charge in [-0.25, -0.2) is 0 Å². The van der Waals surface area contributed by atoms with E-state index in [-0.39, 0.29) is 0 Å². The Kier molecular flexibility index (Phi) is 4.69. The molecular formula is C17H19ClO2. The SMILES string of the molecule is Cc1cc(C)cc(COc2ccc(Cl)cc2C(C)O)c1. The Morgan fingerprint density at radius 2 is 1.75 bits per heavy atom. The predicted molar refractivity (Wildman–Crippen MR) is 82.3 cm³/mol. The number of rotatable bonds is 4. The van der Waals surface area contributed by atoms with Gasteiger partial charge in [-0.1, -0.05) is 40.9 Å². The lowest BCUT2D eigenvalue weighted by atomic mass is 10.1. The van der Waals surface area contributed by atoms with Crippen LogP contribution < -0.4 is 4.74 Å². The molecule has 1 N–H and O–H groups in total. The zero-order chi connectivity index (χ0) is 14.7. The first kappa shape index (κ1) is 14.9. The fourth-order valence-corrected chi connectivity index (χ4v) is 2.47. The molecule has 0 saturated carbocycles. The van der Waals surface area contributed by atoms with E-state index in [9.17, 15) is 5.11 Å². The Morgan fingerprint density at radius 3 is 2.35 bits per heavy atom. The van der Waals surface area contributed by atoms with Crippen molar-refractivity contribution in [2.24, 2.45) is 0 Å². The topological polar surface area (TPSA) is 29.5 Å². The minimum atomic E-state index is -0.608. The molecule has 0 amide bonds. The van der Waals surface area contributed by atoms with Crippen LogP contribution in [0, 0.1) is 13.8 Å². The van der Waals surface area contributed by atoms with Crippen LogP contribution in [0.4, 0.5) is 0 Å². The highest BCUT2D eigenvalue weighted by atomic mass is 35.5. The summed E-state index contributed by atoms with van der Waals surface area (Å²) in [5.74, 6) is 0.670. The quantitative estimate of drug-likeness (QED) is 0.892. The second kappa shape index (κ2) is 6.29. The first-order valence-corrected chi connectivity index (χ1v) is 7.01. The van der Waals surface area contributed by atoms with Gasteiger partial charge in [-0.15, -0.1) is 0 Å². The van der Waals surface area contributed by atoms with E-state index in [0.717, 1.165) is 5.56 Å². The monoisotopic (exact) mass is 290 g/mol. The van der Waals surface area contributed by atoms with Gasteiger partial charge in [0.2, 0.25) is 0 Å². The summed E-state index contributed by atoms with van der Waals surface area (Å²) in [4.78, 5) is 0. The van der Waals surface area contributed by atoms with Gasteiger partial charge in [-0.3, -0.25) is 0 Å². The van der Waals surface area contributed by atoms with Crippen LogP contribution in [-0.4, -0.2) is 5.11 Å². The molecule has 2 nitrogen and oxygen atoms in total. The summed E-state index contributed by atoms with van der Waals surface area (Å²) in [5, 5.41) is 10.4. The van der Waals surface area contributed by atoms with Crippen molar-refractivity contribution in [1.82, 2.24) is 0 Å². The summed E-state index contributed by atoms with van der Waals surface area (Å²) in [6, 6.07) is 11.6. The van der Waals surface area contributed by atoms with Crippen LogP contribution in [0.25, 0.3) is 0 Å². The maximum atomic E-state index is 9.78. The summed E-state index contributed by atoms with van der Waals surface area (Å²) in [6.45, 7) is 6.32. The standard InChI is InChI=1S/C17H19ClO2/c1-11-6-12(2)8-14(7-11)10-20-17-5-4-15(18)9-16(17)13(3)19/h4-9,13,19H,10H2,1-3H3. The van der Waals surface area contributed by atoms with Gasteiger partial charge in [0, 0.05) is 10.6 Å². The average molecular weight is 291 g/mol. The molecule has 0 aliphatic heterocycles. The Morgan fingerprint density at radius 1 is 1.10 bits per heavy atom. The number of aryl methyl sites for hydroxylation is 2. The van der Waals surface area contributed by atoms with E-state index < -0.39 is 6.10 Å². The van der Waals surface area contributed by atoms with Gasteiger partial charge < -0.3 is 9.84 Å². The number of hydrogen-bond acceptors (Lipinski definition) is 2. The molecule has 2 rings (SSSR count). The molecule has 3 heteroatoms. The molecule has 0 saturated heterocycles. The van der Waals surface area contributed by atoms with E-state index in [0.29, 0.717) is 22.9 Å². The highest BCUT2D eigenvalue weighted by molar-refractivity contribution is 6.30. The first-order valence-electron chi connectivity index (χ1n) is 6.63. The molecule has 0 heterocycles. The fraction of sp³-hybridized carbons (Fsp3) is 0.294. The first-order chi connectivity index (χ1) is 9.45. The molecule has 106 valence electrons. The Bertz CT molecular complexity index is 586. The highest BCUT2D eigenvalue weighted by Crippen LogP contribution is 2.29. The normalized spacial score (nSPS) is 12.2. The Balaban J connectivity index is 2.18. The number of ether oxygens (including phenoxy) is 1. The Labute approximate surface area is 125 Å². The molecule has 0 aliphatic carbocycles. The summed E-state index contributed by atoms with van der Waals surface area (Å²) in [6.07, 6.45) is -0.608. The van der Waals surface area contributed by atoms with Gasteiger partial charge >= 0.3 is 0 Å². The number of benzene rings is 2. The lowest BCUT2D eigenvalue weighted by Crippen LogP contribution is -2.01. The zero-order valence-corrected chi connectivity index (χ0v) is 12.7. The average Bonchev–Trinajstić information content (AvgIpc) is 2.36. The van der Waals surface area contributed by atoms with Crippen molar-refractivity contribution in [3.05, 3.63) is 63.7 Å². The maximum Gasteiger partial charge on any atom is 0.125 e. The molecular weight excluding hydrogens is 272 g/mol. The van der Waals surface area contributed by atoms with E-state index in [2.05, 4.69) is 32.0 Å². The van der Waals surface area contributed by atoms with E-state index in [1.165, 1.54) is 11.1 Å². The van der Waals surface area contributed by atoms with Crippen LogP contribution in [0.1, 0.15) is 35.3 Å². The minimum absolute atomic E-state index is 0.476. The van der Waals surface area contributed by atoms with Crippen molar-refractivity contribution < 1.29 is 9.84 Å². The van der Waals surface area contributed by atoms with Crippen molar-refractivity contribution in [3.8, 4) is 5.75 Å². The van der Waals surface area contributed by atoms with Crippen molar-refractivity contribution >= 4 is 11.6 Å². The zero-order valence-electron chi connectivity index (χ0n) is 12.0. The highest BCUT2D eigenvalue weighted by Gasteiger charge is 2.10. The van der Waals surface area contributed by atoms with Crippen LogP contribution in [0.2, 0.25) is 5.02 Å². The number of halogens is 1. The predicted octanol–water partition coefficient (Wildman–Crippen LogP) is 4.59. The summed E-state index contributed by atoms with van der Waals surface area (Å²) in [7, 11) is 0. The number of aliphatic hydroxyl groups is 1. The molecule has 0 aliphatic rings. The van der Waals surface area contributed by atoms with Crippen molar-refractivity contribution in [3.63, 3.8) is 0 Å². The molecule has 0 aromatic heterocycles. The smallest absolute Gasteiger partial charge is 0.125 e. The van der Waals surface area contributed by atoms with Crippen LogP contribution in [0.3, 0.4) is 0 Å². The van der Waals surface area contributed by atoms with E-state index in [4.69, 9.17) is 16.3 Å². The van der Waals surface area contributed by atoms with Gasteiger partial charge in [-0.2, -0.15) is 0 Å². The molecule has 0 fully saturated rings. The van der Waals surface area contributed by atoms with Crippen LogP contribution >= 0.6 is 11.6 Å². The molecule has 0 bridgehead atoms. The van der Waals surface area contributed by atoms with Gasteiger partial charge in [0.05, 0.1) is 6.10 Å².